The van der Waals surface area contributed by atoms with E-state index in [0.717, 1.165) is 25.0 Å². The van der Waals surface area contributed by atoms with Crippen molar-refractivity contribution in [2.75, 3.05) is 20.1 Å². The summed E-state index contributed by atoms with van der Waals surface area (Å²) in [4.78, 5) is 2.33. The Hall–Kier alpha value is -1.10. The van der Waals surface area contributed by atoms with Crippen LogP contribution < -0.4 is 5.46 Å². The van der Waals surface area contributed by atoms with Gasteiger partial charge in [-0.3, -0.25) is 0 Å². The third-order valence-electron chi connectivity index (χ3n) is 5.20. The molecule has 118 valence electrons. The number of hydrogen-bond acceptors (Lipinski definition) is 3. The summed E-state index contributed by atoms with van der Waals surface area (Å²) >= 11 is 0. The highest BCUT2D eigenvalue weighted by atomic mass is 16.7. The monoisotopic (exact) mass is 299 g/mol. The number of hydrogen-bond donors (Lipinski definition) is 0. The van der Waals surface area contributed by atoms with E-state index in [1.165, 1.54) is 11.1 Å². The first-order valence-electron chi connectivity index (χ1n) is 8.12. The lowest BCUT2D eigenvalue weighted by Gasteiger charge is -2.32. The second-order valence-corrected chi connectivity index (χ2v) is 7.46. The summed E-state index contributed by atoms with van der Waals surface area (Å²) in [6.45, 7) is 10.5. The van der Waals surface area contributed by atoms with Crippen molar-refractivity contribution < 1.29 is 9.31 Å². The molecule has 2 aliphatic rings. The van der Waals surface area contributed by atoms with E-state index in [0.29, 0.717) is 0 Å². The van der Waals surface area contributed by atoms with Crippen LogP contribution >= 0.6 is 0 Å². The van der Waals surface area contributed by atoms with Gasteiger partial charge in [-0.05, 0) is 57.8 Å². The fourth-order valence-corrected chi connectivity index (χ4v) is 2.90. The summed E-state index contributed by atoms with van der Waals surface area (Å²) in [5.41, 5.74) is 3.24. The van der Waals surface area contributed by atoms with Crippen LogP contribution in [0.4, 0.5) is 0 Å². The maximum absolute atomic E-state index is 6.16. The summed E-state index contributed by atoms with van der Waals surface area (Å²) in [5, 5.41) is 0. The second kappa shape index (κ2) is 5.52. The Morgan fingerprint density at radius 1 is 1.09 bits per heavy atom. The van der Waals surface area contributed by atoms with Gasteiger partial charge in [0.25, 0.3) is 0 Å². The highest BCUT2D eigenvalue weighted by Gasteiger charge is 2.51. The Morgan fingerprint density at radius 2 is 1.77 bits per heavy atom. The Bertz CT molecular complexity index is 579. The fraction of sp³-hybridized carbons (Fsp3) is 0.556. The Balaban J connectivity index is 1.84. The minimum Gasteiger partial charge on any atom is -0.399 e. The first-order chi connectivity index (χ1) is 10.3. The molecule has 0 saturated carbocycles. The topological polar surface area (TPSA) is 21.7 Å². The van der Waals surface area contributed by atoms with Gasteiger partial charge in [0.15, 0.2) is 0 Å². The van der Waals surface area contributed by atoms with E-state index in [-0.39, 0.29) is 18.3 Å². The molecule has 1 saturated heterocycles. The van der Waals surface area contributed by atoms with Crippen molar-refractivity contribution in [2.24, 2.45) is 0 Å². The van der Waals surface area contributed by atoms with Gasteiger partial charge >= 0.3 is 7.12 Å². The maximum atomic E-state index is 6.16. The summed E-state index contributed by atoms with van der Waals surface area (Å²) in [7, 11) is 1.88. The zero-order chi connectivity index (χ0) is 16.0. The van der Waals surface area contributed by atoms with Crippen molar-refractivity contribution in [3.8, 4) is 0 Å². The summed E-state index contributed by atoms with van der Waals surface area (Å²) < 4.78 is 12.3. The zero-order valence-corrected chi connectivity index (χ0v) is 14.3. The average Bonchev–Trinajstić information content (AvgIpc) is 2.68. The Morgan fingerprint density at radius 3 is 2.36 bits per heavy atom. The standard InChI is InChI=1S/C18H26BNO2/c1-17(2)18(3,4)22-19(21-17)16-8-6-7-15(13-16)14-9-11-20(5)12-10-14/h6-9,13H,10-12H2,1-5H3. The van der Waals surface area contributed by atoms with Crippen LogP contribution in [0.3, 0.4) is 0 Å². The van der Waals surface area contributed by atoms with Crippen molar-refractivity contribution in [1.29, 1.82) is 0 Å². The Kier molecular flexibility index (Phi) is 3.96. The molecule has 0 aromatic heterocycles. The van der Waals surface area contributed by atoms with Crippen molar-refractivity contribution in [3.63, 3.8) is 0 Å². The average molecular weight is 299 g/mol. The van der Waals surface area contributed by atoms with Crippen LogP contribution in [0, 0.1) is 0 Å². The van der Waals surface area contributed by atoms with E-state index in [1.54, 1.807) is 0 Å². The second-order valence-electron chi connectivity index (χ2n) is 7.46. The van der Waals surface area contributed by atoms with E-state index in [4.69, 9.17) is 9.31 Å². The zero-order valence-electron chi connectivity index (χ0n) is 14.3. The molecule has 0 amide bonds. The molecular weight excluding hydrogens is 273 g/mol. The van der Waals surface area contributed by atoms with Gasteiger partial charge in [-0.25, -0.2) is 0 Å². The first-order valence-corrected chi connectivity index (χ1v) is 8.12. The van der Waals surface area contributed by atoms with Crippen LogP contribution in [-0.2, 0) is 9.31 Å². The van der Waals surface area contributed by atoms with Crippen LogP contribution in [0.25, 0.3) is 5.57 Å². The largest absolute Gasteiger partial charge is 0.494 e. The molecule has 0 atom stereocenters. The molecule has 22 heavy (non-hydrogen) atoms. The molecule has 0 unspecified atom stereocenters. The number of likely N-dealkylation sites (N-methyl/N-ethyl adjacent to an activating group) is 1. The van der Waals surface area contributed by atoms with Gasteiger partial charge in [0.2, 0.25) is 0 Å². The quantitative estimate of drug-likeness (QED) is 0.784. The molecule has 1 fully saturated rings. The predicted octanol–water partition coefficient (Wildman–Crippen LogP) is 2.70. The van der Waals surface area contributed by atoms with Crippen molar-refractivity contribution in [3.05, 3.63) is 35.9 Å². The lowest BCUT2D eigenvalue weighted by atomic mass is 9.77. The van der Waals surface area contributed by atoms with Gasteiger partial charge in [0.05, 0.1) is 11.2 Å². The van der Waals surface area contributed by atoms with E-state index < -0.39 is 0 Å². The molecule has 3 rings (SSSR count). The predicted molar refractivity (Wildman–Crippen MR) is 92.2 cm³/mol. The number of benzene rings is 1. The molecular formula is C18H26BNO2. The van der Waals surface area contributed by atoms with Gasteiger partial charge in [-0.1, -0.05) is 30.3 Å². The Labute approximate surface area is 134 Å². The third kappa shape index (κ3) is 2.88. The highest BCUT2D eigenvalue weighted by Crippen LogP contribution is 2.36. The normalized spacial score (nSPS) is 24.4. The van der Waals surface area contributed by atoms with E-state index >= 15 is 0 Å². The highest BCUT2D eigenvalue weighted by molar-refractivity contribution is 6.62. The maximum Gasteiger partial charge on any atom is 0.494 e. The molecule has 4 heteroatoms. The summed E-state index contributed by atoms with van der Waals surface area (Å²) in [6, 6.07) is 8.61. The lowest BCUT2D eigenvalue weighted by Crippen LogP contribution is -2.41. The minimum atomic E-state index is -0.291. The molecule has 0 bridgehead atoms. The minimum absolute atomic E-state index is 0.281. The molecule has 3 nitrogen and oxygen atoms in total. The molecule has 0 radical (unpaired) electrons. The molecule has 0 aliphatic carbocycles. The summed E-state index contributed by atoms with van der Waals surface area (Å²) in [6.07, 6.45) is 3.43. The molecule has 2 heterocycles. The van der Waals surface area contributed by atoms with Gasteiger partial charge in [0.1, 0.15) is 0 Å². The van der Waals surface area contributed by atoms with Gasteiger partial charge < -0.3 is 14.2 Å². The number of rotatable bonds is 2. The molecule has 1 aromatic carbocycles. The molecule has 0 N–H and O–H groups in total. The van der Waals surface area contributed by atoms with Crippen LogP contribution in [-0.4, -0.2) is 43.4 Å². The van der Waals surface area contributed by atoms with Crippen LogP contribution in [0.2, 0.25) is 0 Å². The smallest absolute Gasteiger partial charge is 0.399 e. The van der Waals surface area contributed by atoms with Gasteiger partial charge in [-0.15, -0.1) is 0 Å². The third-order valence-corrected chi connectivity index (χ3v) is 5.20. The van der Waals surface area contributed by atoms with Crippen LogP contribution in [0.15, 0.2) is 30.3 Å². The molecule has 1 aromatic rings. The van der Waals surface area contributed by atoms with Gasteiger partial charge in [-0.2, -0.15) is 0 Å². The van der Waals surface area contributed by atoms with E-state index in [2.05, 4.69) is 70.0 Å². The summed E-state index contributed by atoms with van der Waals surface area (Å²) in [5.74, 6) is 0. The van der Waals surface area contributed by atoms with Crippen molar-refractivity contribution in [2.45, 2.75) is 45.3 Å². The SMILES string of the molecule is CN1CC=C(c2cccc(B3OC(C)(C)C(C)(C)O3)c2)CC1. The number of nitrogens with zero attached hydrogens (tertiary/aromatic N) is 1. The van der Waals surface area contributed by atoms with Crippen LogP contribution in [0.5, 0.6) is 0 Å². The van der Waals surface area contributed by atoms with E-state index in [9.17, 15) is 0 Å². The molecule has 2 aliphatic heterocycles. The molecule has 0 spiro atoms. The van der Waals surface area contributed by atoms with Crippen molar-refractivity contribution in [1.82, 2.24) is 4.90 Å². The first kappa shape index (κ1) is 15.8. The van der Waals surface area contributed by atoms with E-state index in [1.807, 2.05) is 0 Å². The lowest BCUT2D eigenvalue weighted by molar-refractivity contribution is 0.00578. The fourth-order valence-electron chi connectivity index (χ4n) is 2.90. The van der Waals surface area contributed by atoms with Crippen LogP contribution in [0.1, 0.15) is 39.7 Å². The van der Waals surface area contributed by atoms with Gasteiger partial charge in [0, 0.05) is 13.1 Å². The van der Waals surface area contributed by atoms with Crippen molar-refractivity contribution >= 4 is 18.2 Å².